The van der Waals surface area contributed by atoms with Crippen molar-refractivity contribution < 1.29 is 24.5 Å². The van der Waals surface area contributed by atoms with E-state index in [0.29, 0.717) is 28.7 Å². The monoisotopic (exact) mass is 387 g/mol. The Balaban J connectivity index is 2.08. The van der Waals surface area contributed by atoms with Crippen LogP contribution in [-0.2, 0) is 11.2 Å². The molecule has 0 radical (unpaired) electrons. The van der Waals surface area contributed by atoms with Crippen LogP contribution in [0.1, 0.15) is 34.7 Å². The van der Waals surface area contributed by atoms with Crippen molar-refractivity contribution in [3.63, 3.8) is 0 Å². The van der Waals surface area contributed by atoms with Crippen LogP contribution in [0.25, 0.3) is 6.08 Å². The zero-order chi connectivity index (χ0) is 21.1. The minimum absolute atomic E-state index is 0.00318. The van der Waals surface area contributed by atoms with E-state index in [4.69, 9.17) is 0 Å². The molecule has 0 aliphatic carbocycles. The number of amides is 1. The molecular formula is C22H26FNO4. The first-order valence-electron chi connectivity index (χ1n) is 9.00. The number of halogens is 1. The highest BCUT2D eigenvalue weighted by molar-refractivity contribution is 5.88. The van der Waals surface area contributed by atoms with Gasteiger partial charge in [0.05, 0.1) is 0 Å². The quantitative estimate of drug-likeness (QED) is 0.573. The Bertz CT molecular complexity index is 873. The molecule has 5 nitrogen and oxygen atoms in total. The second-order valence-electron chi connectivity index (χ2n) is 7.10. The number of carbonyl (C=O) groups is 1. The predicted octanol–water partition coefficient (Wildman–Crippen LogP) is 3.29. The van der Waals surface area contributed by atoms with Crippen LogP contribution in [0.3, 0.4) is 0 Å². The maximum Gasteiger partial charge on any atom is 0.255 e. The Morgan fingerprint density at radius 1 is 1.07 bits per heavy atom. The zero-order valence-electron chi connectivity index (χ0n) is 16.5. The van der Waals surface area contributed by atoms with Gasteiger partial charge in [-0.05, 0) is 69.0 Å². The molecule has 2 rings (SSSR count). The summed E-state index contributed by atoms with van der Waals surface area (Å²) in [6.07, 6.45) is 3.20. The summed E-state index contributed by atoms with van der Waals surface area (Å²) in [5.41, 5.74) is 0.979. The molecule has 0 aromatic heterocycles. The van der Waals surface area contributed by atoms with Gasteiger partial charge in [0, 0.05) is 17.7 Å². The lowest BCUT2D eigenvalue weighted by Crippen LogP contribution is -2.43. The summed E-state index contributed by atoms with van der Waals surface area (Å²) >= 11 is 0. The van der Waals surface area contributed by atoms with Gasteiger partial charge in [-0.15, -0.1) is 0 Å². The number of hydrogen-bond donors (Lipinski definition) is 4. The lowest BCUT2D eigenvalue weighted by molar-refractivity contribution is -0.133. The maximum atomic E-state index is 12.9. The highest BCUT2D eigenvalue weighted by Gasteiger charge is 2.27. The largest absolute Gasteiger partial charge is 0.507 e. The number of nitrogens with one attached hydrogen (secondary N) is 1. The van der Waals surface area contributed by atoms with E-state index in [0.717, 1.165) is 5.56 Å². The first kappa shape index (κ1) is 21.4. The molecule has 0 aliphatic heterocycles. The highest BCUT2D eigenvalue weighted by atomic mass is 19.1. The molecule has 0 saturated heterocycles. The number of phenols is 2. The smallest absolute Gasteiger partial charge is 0.255 e. The van der Waals surface area contributed by atoms with Crippen molar-refractivity contribution in [2.24, 2.45) is 0 Å². The number of rotatable bonds is 6. The van der Waals surface area contributed by atoms with E-state index in [1.54, 1.807) is 32.9 Å². The van der Waals surface area contributed by atoms with Crippen LogP contribution >= 0.6 is 0 Å². The molecule has 2 aromatic carbocycles. The van der Waals surface area contributed by atoms with Crippen LogP contribution in [0.5, 0.6) is 11.5 Å². The van der Waals surface area contributed by atoms with Crippen LogP contribution in [0.15, 0.2) is 30.3 Å². The Morgan fingerprint density at radius 3 is 2.25 bits per heavy atom. The number of phenolic OH excluding ortho intramolecular Hbond substituents is 2. The van der Waals surface area contributed by atoms with E-state index in [1.807, 2.05) is 0 Å². The molecule has 4 N–H and O–H groups in total. The molecule has 28 heavy (non-hydrogen) atoms. The van der Waals surface area contributed by atoms with Crippen LogP contribution in [0, 0.1) is 26.6 Å². The minimum atomic E-state index is -1.81. The summed E-state index contributed by atoms with van der Waals surface area (Å²) < 4.78 is 12.9. The number of hydrogen-bond acceptors (Lipinski definition) is 4. The molecule has 1 amide bonds. The van der Waals surface area contributed by atoms with Gasteiger partial charge in [0.2, 0.25) is 0 Å². The van der Waals surface area contributed by atoms with E-state index in [-0.39, 0.29) is 23.9 Å². The van der Waals surface area contributed by atoms with Crippen molar-refractivity contribution >= 4 is 12.0 Å². The maximum absolute atomic E-state index is 12.9. The van der Waals surface area contributed by atoms with E-state index in [9.17, 15) is 24.5 Å². The average molecular weight is 387 g/mol. The molecule has 0 bridgehead atoms. The van der Waals surface area contributed by atoms with Gasteiger partial charge in [0.1, 0.15) is 17.3 Å². The molecule has 0 spiro atoms. The van der Waals surface area contributed by atoms with E-state index in [2.05, 4.69) is 5.32 Å². The first-order chi connectivity index (χ1) is 13.0. The second kappa shape index (κ2) is 8.44. The normalized spacial score (nSPS) is 13.5. The second-order valence-corrected chi connectivity index (χ2v) is 7.10. The first-order valence-corrected chi connectivity index (χ1v) is 9.00. The van der Waals surface area contributed by atoms with Crippen molar-refractivity contribution in [1.29, 1.82) is 0 Å². The predicted molar refractivity (Wildman–Crippen MR) is 107 cm³/mol. The van der Waals surface area contributed by atoms with Gasteiger partial charge in [-0.25, -0.2) is 4.39 Å². The van der Waals surface area contributed by atoms with Gasteiger partial charge in [0.25, 0.3) is 5.91 Å². The van der Waals surface area contributed by atoms with Gasteiger partial charge in [-0.1, -0.05) is 18.2 Å². The van der Waals surface area contributed by atoms with Gasteiger partial charge in [-0.2, -0.15) is 0 Å². The molecule has 0 fully saturated rings. The number of aromatic hydroxyl groups is 2. The standard InChI is InChI=1S/C22H26FNO4/c1-13-14(2)20(26)18(15(3)19(13)25)9-11-22(4,28)21(27)24-12-10-16-5-7-17(23)8-6-16/h5-9,11,25-26,28H,10,12H2,1-4H3,(H,24,27). The third-order valence-corrected chi connectivity index (χ3v) is 4.93. The summed E-state index contributed by atoms with van der Waals surface area (Å²) in [5, 5.41) is 33.6. The van der Waals surface area contributed by atoms with Crippen LogP contribution < -0.4 is 5.32 Å². The average Bonchev–Trinajstić information content (AvgIpc) is 2.66. The third-order valence-electron chi connectivity index (χ3n) is 4.93. The molecule has 0 saturated carbocycles. The molecule has 0 heterocycles. The molecule has 0 aliphatic rings. The molecule has 1 atom stereocenters. The fourth-order valence-electron chi connectivity index (χ4n) is 2.82. The van der Waals surface area contributed by atoms with E-state index >= 15 is 0 Å². The summed E-state index contributed by atoms with van der Waals surface area (Å²) in [7, 11) is 0. The minimum Gasteiger partial charge on any atom is -0.507 e. The zero-order valence-corrected chi connectivity index (χ0v) is 16.5. The molecule has 1 unspecified atom stereocenters. The van der Waals surface area contributed by atoms with E-state index < -0.39 is 11.5 Å². The lowest BCUT2D eigenvalue weighted by Gasteiger charge is -2.19. The molecular weight excluding hydrogens is 361 g/mol. The van der Waals surface area contributed by atoms with Crippen molar-refractivity contribution in [3.8, 4) is 11.5 Å². The van der Waals surface area contributed by atoms with Crippen molar-refractivity contribution in [3.05, 3.63) is 64.0 Å². The van der Waals surface area contributed by atoms with Gasteiger partial charge in [0.15, 0.2) is 5.60 Å². The lowest BCUT2D eigenvalue weighted by atomic mass is 9.95. The topological polar surface area (TPSA) is 89.8 Å². The molecule has 2 aromatic rings. The number of carbonyl (C=O) groups excluding carboxylic acids is 1. The fourth-order valence-corrected chi connectivity index (χ4v) is 2.82. The third kappa shape index (κ3) is 4.70. The van der Waals surface area contributed by atoms with Crippen LogP contribution in [0.2, 0.25) is 0 Å². The Labute approximate surface area is 164 Å². The van der Waals surface area contributed by atoms with Crippen molar-refractivity contribution in [1.82, 2.24) is 5.32 Å². The SMILES string of the molecule is Cc1c(C)c(O)c(C=CC(C)(O)C(=O)NCCc2ccc(F)cc2)c(C)c1O. The van der Waals surface area contributed by atoms with Crippen molar-refractivity contribution in [2.75, 3.05) is 6.54 Å². The Morgan fingerprint density at radius 2 is 1.64 bits per heavy atom. The highest BCUT2D eigenvalue weighted by Crippen LogP contribution is 2.37. The van der Waals surface area contributed by atoms with E-state index in [1.165, 1.54) is 31.2 Å². The molecule has 6 heteroatoms. The van der Waals surface area contributed by atoms with Crippen LogP contribution in [-0.4, -0.2) is 33.4 Å². The summed E-state index contributed by atoms with van der Waals surface area (Å²) in [5.74, 6) is -0.859. The van der Waals surface area contributed by atoms with Crippen molar-refractivity contribution in [2.45, 2.75) is 39.7 Å². The van der Waals surface area contributed by atoms with Gasteiger partial charge >= 0.3 is 0 Å². The summed E-state index contributed by atoms with van der Waals surface area (Å²) in [6.45, 7) is 6.66. The number of benzene rings is 2. The summed E-state index contributed by atoms with van der Waals surface area (Å²) in [6, 6.07) is 5.97. The Kier molecular flexibility index (Phi) is 6.46. The van der Waals surface area contributed by atoms with Crippen LogP contribution in [0.4, 0.5) is 4.39 Å². The molecule has 150 valence electrons. The van der Waals surface area contributed by atoms with Gasteiger partial charge in [-0.3, -0.25) is 4.79 Å². The Hall–Kier alpha value is -2.86. The number of aliphatic hydroxyl groups is 1. The summed E-state index contributed by atoms with van der Waals surface area (Å²) in [4.78, 5) is 12.3. The van der Waals surface area contributed by atoms with Gasteiger partial charge < -0.3 is 20.6 Å². The fraction of sp³-hybridized carbons (Fsp3) is 0.318.